The average Bonchev–Trinajstić information content (AvgIpc) is 3.24. The van der Waals surface area contributed by atoms with Crippen molar-refractivity contribution in [3.63, 3.8) is 0 Å². The third-order valence-corrected chi connectivity index (χ3v) is 4.82. The van der Waals surface area contributed by atoms with Crippen molar-refractivity contribution < 1.29 is 4.79 Å². The Balaban J connectivity index is 1.46. The molecule has 0 unspecified atom stereocenters. The molecule has 2 aliphatic carbocycles. The van der Waals surface area contributed by atoms with Gasteiger partial charge >= 0.3 is 0 Å². The fourth-order valence-corrected chi connectivity index (χ4v) is 3.64. The normalized spacial score (nSPS) is 18.4. The van der Waals surface area contributed by atoms with Gasteiger partial charge in [-0.05, 0) is 32.1 Å². The molecule has 116 valence electrons. The fraction of sp³-hybridized carbons (Fsp3) is 0.562. The second kappa shape index (κ2) is 5.59. The maximum Gasteiger partial charge on any atom is 0.277 e. The molecule has 2 heterocycles. The second-order valence-corrected chi connectivity index (χ2v) is 6.31. The highest BCUT2D eigenvalue weighted by atomic mass is 16.2. The van der Waals surface area contributed by atoms with Gasteiger partial charge in [-0.1, -0.05) is 19.3 Å². The Morgan fingerprint density at radius 3 is 2.95 bits per heavy atom. The third-order valence-electron chi connectivity index (χ3n) is 4.82. The van der Waals surface area contributed by atoms with E-state index in [1.165, 1.54) is 32.1 Å². The Morgan fingerprint density at radius 1 is 1.23 bits per heavy atom. The number of aryl methyl sites for hydroxylation is 1. The minimum absolute atomic E-state index is 0.159. The summed E-state index contributed by atoms with van der Waals surface area (Å²) in [4.78, 5) is 12.4. The van der Waals surface area contributed by atoms with E-state index in [2.05, 4.69) is 20.6 Å². The van der Waals surface area contributed by atoms with Crippen LogP contribution in [0.25, 0.3) is 0 Å². The monoisotopic (exact) mass is 299 g/mol. The topological polar surface area (TPSA) is 75.6 Å². The molecule has 2 aromatic rings. The van der Waals surface area contributed by atoms with Crippen LogP contribution < -0.4 is 5.32 Å². The highest BCUT2D eigenvalue weighted by molar-refractivity contribution is 6.03. The van der Waals surface area contributed by atoms with Crippen molar-refractivity contribution in [2.45, 2.75) is 57.4 Å². The lowest BCUT2D eigenvalue weighted by atomic mass is 9.96. The molecule has 1 amide bonds. The zero-order valence-electron chi connectivity index (χ0n) is 12.6. The van der Waals surface area contributed by atoms with E-state index in [4.69, 9.17) is 0 Å². The van der Waals surface area contributed by atoms with Gasteiger partial charge in [0.05, 0.1) is 6.04 Å². The van der Waals surface area contributed by atoms with Crippen LogP contribution in [0.2, 0.25) is 0 Å². The van der Waals surface area contributed by atoms with Crippen LogP contribution in [-0.2, 0) is 12.8 Å². The van der Waals surface area contributed by atoms with Crippen molar-refractivity contribution in [1.82, 2.24) is 20.0 Å². The van der Waals surface area contributed by atoms with E-state index in [1.54, 1.807) is 0 Å². The quantitative estimate of drug-likeness (QED) is 0.915. The number of aromatic nitrogens is 4. The lowest BCUT2D eigenvalue weighted by Crippen LogP contribution is -2.16. The summed E-state index contributed by atoms with van der Waals surface area (Å²) in [5, 5.41) is 14.5. The van der Waals surface area contributed by atoms with Gasteiger partial charge in [0.1, 0.15) is 0 Å². The Labute approximate surface area is 129 Å². The van der Waals surface area contributed by atoms with Crippen LogP contribution in [0, 0.1) is 0 Å². The maximum atomic E-state index is 12.4. The highest BCUT2D eigenvalue weighted by Crippen LogP contribution is 2.28. The van der Waals surface area contributed by atoms with Crippen molar-refractivity contribution in [2.24, 2.45) is 0 Å². The molecule has 1 saturated carbocycles. The number of nitrogens with one attached hydrogen (secondary N) is 2. The predicted molar refractivity (Wildman–Crippen MR) is 82.9 cm³/mol. The van der Waals surface area contributed by atoms with Gasteiger partial charge in [-0.25, -0.2) is 0 Å². The number of carbonyl (C=O) groups is 1. The molecule has 2 N–H and O–H groups in total. The van der Waals surface area contributed by atoms with Gasteiger partial charge < -0.3 is 5.32 Å². The van der Waals surface area contributed by atoms with E-state index in [0.717, 1.165) is 30.5 Å². The lowest BCUT2D eigenvalue weighted by molar-refractivity contribution is 0.102. The van der Waals surface area contributed by atoms with Crippen LogP contribution in [-0.4, -0.2) is 25.9 Å². The number of aromatic amines is 1. The van der Waals surface area contributed by atoms with E-state index < -0.39 is 0 Å². The molecule has 0 bridgehead atoms. The van der Waals surface area contributed by atoms with Crippen LogP contribution in [0.3, 0.4) is 0 Å². The summed E-state index contributed by atoms with van der Waals surface area (Å²) in [6.07, 6.45) is 11.2. The molecule has 6 nitrogen and oxygen atoms in total. The summed E-state index contributed by atoms with van der Waals surface area (Å²) in [5.74, 6) is 0.457. The van der Waals surface area contributed by atoms with Crippen molar-refractivity contribution in [2.75, 3.05) is 5.32 Å². The minimum Gasteiger partial charge on any atom is -0.304 e. The smallest absolute Gasteiger partial charge is 0.277 e. The minimum atomic E-state index is -0.159. The van der Waals surface area contributed by atoms with E-state index in [9.17, 15) is 4.79 Å². The van der Waals surface area contributed by atoms with Crippen molar-refractivity contribution in [1.29, 1.82) is 0 Å². The first kappa shape index (κ1) is 13.5. The molecule has 2 aromatic heterocycles. The molecule has 4 rings (SSSR count). The first-order valence-corrected chi connectivity index (χ1v) is 8.24. The van der Waals surface area contributed by atoms with E-state index in [0.29, 0.717) is 17.6 Å². The fourth-order valence-electron chi connectivity index (χ4n) is 3.64. The maximum absolute atomic E-state index is 12.4. The summed E-state index contributed by atoms with van der Waals surface area (Å²) in [6, 6.07) is 2.35. The first-order chi connectivity index (χ1) is 10.8. The number of H-pyrrole nitrogens is 1. The lowest BCUT2D eigenvalue weighted by Gasteiger charge is -2.21. The third kappa shape index (κ3) is 2.42. The molecular formula is C16H21N5O. The van der Waals surface area contributed by atoms with E-state index in [1.807, 2.05) is 16.9 Å². The number of rotatable bonds is 3. The molecule has 22 heavy (non-hydrogen) atoms. The molecule has 0 spiro atoms. The summed E-state index contributed by atoms with van der Waals surface area (Å²) < 4.78 is 2.00. The van der Waals surface area contributed by atoms with Crippen LogP contribution in [0.4, 0.5) is 5.82 Å². The number of hydrogen-bond acceptors (Lipinski definition) is 3. The first-order valence-electron chi connectivity index (χ1n) is 8.24. The molecular weight excluding hydrogens is 278 g/mol. The van der Waals surface area contributed by atoms with Gasteiger partial charge in [0.15, 0.2) is 11.5 Å². The summed E-state index contributed by atoms with van der Waals surface area (Å²) in [7, 11) is 0. The summed E-state index contributed by atoms with van der Waals surface area (Å²) in [6.45, 7) is 0. The Hall–Kier alpha value is -2.11. The molecule has 0 aromatic carbocycles. The largest absolute Gasteiger partial charge is 0.304 e. The Morgan fingerprint density at radius 2 is 2.09 bits per heavy atom. The van der Waals surface area contributed by atoms with Gasteiger partial charge in [-0.15, -0.1) is 0 Å². The van der Waals surface area contributed by atoms with Gasteiger partial charge in [0, 0.05) is 23.5 Å². The molecule has 0 aliphatic heterocycles. The van der Waals surface area contributed by atoms with Gasteiger partial charge in [0.2, 0.25) is 0 Å². The SMILES string of the molecule is O=C(Nc1ccn(C2CCCCC2)n1)c1n[nH]c2c1CCC2. The second-order valence-electron chi connectivity index (χ2n) is 6.31. The molecule has 0 radical (unpaired) electrons. The van der Waals surface area contributed by atoms with Crippen LogP contribution in [0.1, 0.15) is 66.3 Å². The number of carbonyl (C=O) groups excluding carboxylic acids is 1. The zero-order valence-corrected chi connectivity index (χ0v) is 12.6. The number of nitrogens with zero attached hydrogens (tertiary/aromatic N) is 3. The van der Waals surface area contributed by atoms with Crippen LogP contribution in [0.15, 0.2) is 12.3 Å². The van der Waals surface area contributed by atoms with Crippen molar-refractivity contribution >= 4 is 11.7 Å². The Bertz CT molecular complexity index is 681. The molecule has 1 fully saturated rings. The molecule has 2 aliphatic rings. The van der Waals surface area contributed by atoms with E-state index in [-0.39, 0.29) is 5.91 Å². The van der Waals surface area contributed by atoms with Gasteiger partial charge in [-0.2, -0.15) is 10.2 Å². The summed E-state index contributed by atoms with van der Waals surface area (Å²) >= 11 is 0. The zero-order chi connectivity index (χ0) is 14.9. The average molecular weight is 299 g/mol. The van der Waals surface area contributed by atoms with Crippen LogP contribution in [0.5, 0.6) is 0 Å². The number of fused-ring (bicyclic) bond motifs is 1. The van der Waals surface area contributed by atoms with E-state index >= 15 is 0 Å². The Kier molecular flexibility index (Phi) is 3.44. The number of hydrogen-bond donors (Lipinski definition) is 2. The highest BCUT2D eigenvalue weighted by Gasteiger charge is 2.23. The molecule has 0 atom stereocenters. The van der Waals surface area contributed by atoms with Crippen molar-refractivity contribution in [3.8, 4) is 0 Å². The van der Waals surface area contributed by atoms with Gasteiger partial charge in [0.25, 0.3) is 5.91 Å². The molecule has 0 saturated heterocycles. The molecule has 6 heteroatoms. The van der Waals surface area contributed by atoms with Crippen molar-refractivity contribution in [3.05, 3.63) is 29.2 Å². The number of amides is 1. The summed E-state index contributed by atoms with van der Waals surface area (Å²) in [5.41, 5.74) is 2.71. The predicted octanol–water partition coefficient (Wildman–Crippen LogP) is 2.85. The van der Waals surface area contributed by atoms with Crippen LogP contribution >= 0.6 is 0 Å². The number of anilines is 1. The standard InChI is InChI=1S/C16H21N5O/c22-16(15-12-7-4-8-13(12)18-19-15)17-14-9-10-21(20-14)11-5-2-1-3-6-11/h9-11H,1-8H2,(H,18,19)(H,17,20,22). The van der Waals surface area contributed by atoms with Gasteiger partial charge in [-0.3, -0.25) is 14.6 Å².